The van der Waals surface area contributed by atoms with Crippen LogP contribution >= 0.6 is 0 Å². The van der Waals surface area contributed by atoms with Gasteiger partial charge in [0.25, 0.3) is 0 Å². The van der Waals surface area contributed by atoms with Crippen molar-refractivity contribution in [1.29, 1.82) is 0 Å². The highest BCUT2D eigenvalue weighted by Gasteiger charge is 2.10. The van der Waals surface area contributed by atoms with Gasteiger partial charge in [-0.15, -0.1) is 0 Å². The maximum Gasteiger partial charge on any atom is 0.328 e. The van der Waals surface area contributed by atoms with Crippen LogP contribution in [0.1, 0.15) is 23.1 Å². The molecular formula is C12H17N3O. The zero-order valence-electron chi connectivity index (χ0n) is 9.25. The van der Waals surface area contributed by atoms with E-state index >= 15 is 0 Å². The molecule has 0 aliphatic heterocycles. The van der Waals surface area contributed by atoms with Crippen LogP contribution in [0.25, 0.3) is 0 Å². The van der Waals surface area contributed by atoms with Gasteiger partial charge in [-0.1, -0.05) is 18.2 Å². The monoisotopic (exact) mass is 219 g/mol. The number of hydrogen-bond donors (Lipinski definition) is 3. The summed E-state index contributed by atoms with van der Waals surface area (Å²) in [5.41, 5.74) is 6.27. The lowest BCUT2D eigenvalue weighted by Crippen LogP contribution is -2.40. The molecule has 1 aromatic rings. The van der Waals surface area contributed by atoms with Crippen LogP contribution in [0.4, 0.5) is 4.79 Å². The number of carbonyl (C=O) groups is 1. The van der Waals surface area contributed by atoms with E-state index in [2.05, 4.69) is 23.5 Å². The highest BCUT2D eigenvalue weighted by molar-refractivity contribution is 5.72. The minimum absolute atomic E-state index is 0.332. The summed E-state index contributed by atoms with van der Waals surface area (Å²) in [7, 11) is 0. The molecule has 0 atom stereocenters. The predicted octanol–water partition coefficient (Wildman–Crippen LogP) is 0.891. The van der Waals surface area contributed by atoms with Gasteiger partial charge in [-0.3, -0.25) is 5.43 Å². The Morgan fingerprint density at radius 3 is 2.94 bits per heavy atom. The van der Waals surface area contributed by atoms with E-state index in [-0.39, 0.29) is 6.03 Å². The summed E-state index contributed by atoms with van der Waals surface area (Å²) in [4.78, 5) is 10.8. The summed E-state index contributed by atoms with van der Waals surface area (Å²) >= 11 is 0. The number of hydrazine groups is 1. The first kappa shape index (κ1) is 11.0. The van der Waals surface area contributed by atoms with Gasteiger partial charge in [0.15, 0.2) is 0 Å². The molecule has 16 heavy (non-hydrogen) atoms. The first-order chi connectivity index (χ1) is 7.79. The Balaban J connectivity index is 1.88. The Labute approximate surface area is 95.2 Å². The standard InChI is InChI=1S/C12H17N3O/c13-15-12(16)14-7-6-9-4-5-10-2-1-3-11(10)8-9/h4-5,8H,1-3,6-7,13H2,(H2,14,15,16). The lowest BCUT2D eigenvalue weighted by molar-refractivity contribution is 0.241. The van der Waals surface area contributed by atoms with Crippen LogP contribution in [0.2, 0.25) is 0 Å². The molecule has 4 N–H and O–H groups in total. The molecule has 0 unspecified atom stereocenters. The van der Waals surface area contributed by atoms with Crippen molar-refractivity contribution in [3.63, 3.8) is 0 Å². The van der Waals surface area contributed by atoms with Gasteiger partial charge in [0.1, 0.15) is 0 Å². The molecule has 0 radical (unpaired) electrons. The van der Waals surface area contributed by atoms with Gasteiger partial charge in [0.05, 0.1) is 0 Å². The lowest BCUT2D eigenvalue weighted by atomic mass is 10.0. The first-order valence-electron chi connectivity index (χ1n) is 5.65. The molecule has 0 saturated heterocycles. The highest BCUT2D eigenvalue weighted by Crippen LogP contribution is 2.22. The number of nitrogens with one attached hydrogen (secondary N) is 2. The molecule has 0 heterocycles. The van der Waals surface area contributed by atoms with Crippen molar-refractivity contribution in [2.24, 2.45) is 5.84 Å². The van der Waals surface area contributed by atoms with E-state index in [1.807, 2.05) is 5.43 Å². The van der Waals surface area contributed by atoms with Gasteiger partial charge in [-0.25, -0.2) is 10.6 Å². The molecule has 2 rings (SSSR count). The van der Waals surface area contributed by atoms with Crippen LogP contribution in [0.15, 0.2) is 18.2 Å². The second-order valence-electron chi connectivity index (χ2n) is 4.11. The maximum atomic E-state index is 10.8. The largest absolute Gasteiger partial charge is 0.337 e. The number of hydrogen-bond acceptors (Lipinski definition) is 2. The number of nitrogens with two attached hydrogens (primary N) is 1. The second-order valence-corrected chi connectivity index (χ2v) is 4.11. The molecule has 86 valence electrons. The van der Waals surface area contributed by atoms with Crippen molar-refractivity contribution in [3.8, 4) is 0 Å². The number of aryl methyl sites for hydroxylation is 2. The first-order valence-corrected chi connectivity index (χ1v) is 5.65. The summed E-state index contributed by atoms with van der Waals surface area (Å²) in [6, 6.07) is 6.28. The molecular weight excluding hydrogens is 202 g/mol. The molecule has 1 aliphatic carbocycles. The van der Waals surface area contributed by atoms with Crippen molar-refractivity contribution >= 4 is 6.03 Å². The van der Waals surface area contributed by atoms with Crippen LogP contribution in [-0.2, 0) is 19.3 Å². The minimum atomic E-state index is -0.332. The summed E-state index contributed by atoms with van der Waals surface area (Å²) in [6.45, 7) is 0.613. The van der Waals surface area contributed by atoms with Gasteiger partial charge in [0, 0.05) is 6.54 Å². The average Bonchev–Trinajstić information content (AvgIpc) is 2.76. The highest BCUT2D eigenvalue weighted by atomic mass is 16.2. The van der Waals surface area contributed by atoms with Gasteiger partial charge in [-0.2, -0.15) is 0 Å². The number of urea groups is 1. The maximum absolute atomic E-state index is 10.8. The van der Waals surface area contributed by atoms with E-state index in [0.29, 0.717) is 6.54 Å². The second kappa shape index (κ2) is 4.99. The smallest absolute Gasteiger partial charge is 0.328 e. The molecule has 0 spiro atoms. The minimum Gasteiger partial charge on any atom is -0.337 e. The summed E-state index contributed by atoms with van der Waals surface area (Å²) in [6.07, 6.45) is 4.52. The fraction of sp³-hybridized carbons (Fsp3) is 0.417. The van der Waals surface area contributed by atoms with Crippen LogP contribution in [-0.4, -0.2) is 12.6 Å². The molecule has 2 amide bonds. The van der Waals surface area contributed by atoms with Gasteiger partial charge >= 0.3 is 6.03 Å². The summed E-state index contributed by atoms with van der Waals surface area (Å²) < 4.78 is 0. The van der Waals surface area contributed by atoms with Crippen molar-refractivity contribution in [3.05, 3.63) is 34.9 Å². The Bertz CT molecular complexity index is 390. The number of rotatable bonds is 3. The van der Waals surface area contributed by atoms with E-state index in [9.17, 15) is 4.79 Å². The third-order valence-electron chi connectivity index (χ3n) is 2.99. The van der Waals surface area contributed by atoms with Crippen LogP contribution in [0, 0.1) is 0 Å². The molecule has 1 aliphatic rings. The molecule has 0 fully saturated rings. The molecule has 1 aromatic carbocycles. The topological polar surface area (TPSA) is 67.1 Å². The van der Waals surface area contributed by atoms with Crippen LogP contribution in [0.3, 0.4) is 0 Å². The van der Waals surface area contributed by atoms with Gasteiger partial charge < -0.3 is 5.32 Å². The van der Waals surface area contributed by atoms with Crippen molar-refractivity contribution in [2.75, 3.05) is 6.54 Å². The fourth-order valence-corrected chi connectivity index (χ4v) is 2.15. The third kappa shape index (κ3) is 2.52. The zero-order valence-corrected chi connectivity index (χ0v) is 9.25. The molecule has 4 heteroatoms. The van der Waals surface area contributed by atoms with Crippen molar-refractivity contribution in [1.82, 2.24) is 10.7 Å². The van der Waals surface area contributed by atoms with E-state index < -0.39 is 0 Å². The summed E-state index contributed by atoms with van der Waals surface area (Å²) in [5.74, 6) is 4.96. The Morgan fingerprint density at radius 1 is 1.31 bits per heavy atom. The SMILES string of the molecule is NNC(=O)NCCc1ccc2c(c1)CCC2. The molecule has 0 saturated carbocycles. The Morgan fingerprint density at radius 2 is 2.12 bits per heavy atom. The van der Waals surface area contributed by atoms with E-state index in [4.69, 9.17) is 5.84 Å². The molecule has 0 aromatic heterocycles. The van der Waals surface area contributed by atoms with Crippen molar-refractivity contribution < 1.29 is 4.79 Å². The lowest BCUT2D eigenvalue weighted by Gasteiger charge is -2.06. The van der Waals surface area contributed by atoms with E-state index in [1.165, 1.54) is 36.0 Å². The molecule has 0 bridgehead atoms. The van der Waals surface area contributed by atoms with Crippen molar-refractivity contribution in [2.45, 2.75) is 25.7 Å². The normalized spacial score (nSPS) is 13.3. The Kier molecular flexibility index (Phi) is 3.41. The third-order valence-corrected chi connectivity index (χ3v) is 2.99. The summed E-state index contributed by atoms with van der Waals surface area (Å²) in [5, 5.41) is 2.67. The van der Waals surface area contributed by atoms with E-state index in [1.54, 1.807) is 0 Å². The van der Waals surface area contributed by atoms with Crippen LogP contribution < -0.4 is 16.6 Å². The number of fused-ring (bicyclic) bond motifs is 1. The van der Waals surface area contributed by atoms with Gasteiger partial charge in [0.2, 0.25) is 0 Å². The number of carbonyl (C=O) groups excluding carboxylic acids is 1. The quantitative estimate of drug-likeness (QED) is 0.401. The molecule has 4 nitrogen and oxygen atoms in total. The van der Waals surface area contributed by atoms with Crippen LogP contribution in [0.5, 0.6) is 0 Å². The van der Waals surface area contributed by atoms with Gasteiger partial charge in [-0.05, 0) is 42.4 Å². The Hall–Kier alpha value is -1.55. The zero-order chi connectivity index (χ0) is 11.4. The predicted molar refractivity (Wildman–Crippen MR) is 62.9 cm³/mol. The number of amides is 2. The van der Waals surface area contributed by atoms with E-state index in [0.717, 1.165) is 6.42 Å². The fourth-order valence-electron chi connectivity index (χ4n) is 2.15. The average molecular weight is 219 g/mol. The number of benzene rings is 1.